The van der Waals surface area contributed by atoms with E-state index in [0.29, 0.717) is 21.8 Å². The minimum Gasteiger partial charge on any atom is -0.349 e. The third kappa shape index (κ3) is 3.43. The minimum atomic E-state index is -0.302. The number of carbonyl (C=O) groups excluding carboxylic acids is 1. The summed E-state index contributed by atoms with van der Waals surface area (Å²) >= 11 is 1.48. The summed E-state index contributed by atoms with van der Waals surface area (Å²) in [5.41, 5.74) is 1.45. The second kappa shape index (κ2) is 8.27. The first-order chi connectivity index (χ1) is 17.2. The molecule has 1 saturated carbocycles. The number of amides is 1. The number of rotatable bonds is 3. The molecule has 2 saturated heterocycles. The molecule has 3 aromatic heterocycles. The first kappa shape index (κ1) is 21.3. The van der Waals surface area contributed by atoms with Gasteiger partial charge < -0.3 is 15.5 Å². The fraction of sp³-hybridized carbons (Fsp3) is 0.462. The Morgan fingerprint density at radius 1 is 1.09 bits per heavy atom. The van der Waals surface area contributed by atoms with Gasteiger partial charge in [0, 0.05) is 25.3 Å². The van der Waals surface area contributed by atoms with E-state index in [1.807, 2.05) is 28.7 Å². The van der Waals surface area contributed by atoms with Crippen molar-refractivity contribution in [2.24, 2.45) is 11.8 Å². The number of pyridine rings is 1. The van der Waals surface area contributed by atoms with Gasteiger partial charge in [-0.05, 0) is 62.7 Å². The van der Waals surface area contributed by atoms with E-state index in [1.165, 1.54) is 30.6 Å². The van der Waals surface area contributed by atoms with Crippen molar-refractivity contribution in [3.63, 3.8) is 0 Å². The topological polar surface area (TPSA) is 91.6 Å². The van der Waals surface area contributed by atoms with Crippen LogP contribution in [-0.4, -0.2) is 52.5 Å². The molecule has 8 nitrogen and oxygen atoms in total. The number of benzene rings is 1. The lowest BCUT2D eigenvalue weighted by molar-refractivity contribution is 0.0930. The van der Waals surface area contributed by atoms with Crippen molar-refractivity contribution in [2.45, 2.75) is 38.1 Å². The summed E-state index contributed by atoms with van der Waals surface area (Å²) in [7, 11) is 0. The van der Waals surface area contributed by atoms with Crippen LogP contribution in [0.5, 0.6) is 0 Å². The number of piperidine rings is 1. The van der Waals surface area contributed by atoms with Gasteiger partial charge in [-0.25, -0.2) is 4.98 Å². The van der Waals surface area contributed by atoms with Gasteiger partial charge in [0.05, 0.1) is 15.6 Å². The van der Waals surface area contributed by atoms with Crippen LogP contribution in [0.4, 0.5) is 5.95 Å². The largest absolute Gasteiger partial charge is 0.349 e. The van der Waals surface area contributed by atoms with Crippen LogP contribution < -0.4 is 21.0 Å². The number of hydrogen-bond donors (Lipinski definition) is 2. The third-order valence-electron chi connectivity index (χ3n) is 8.08. The Morgan fingerprint density at radius 3 is 2.66 bits per heavy atom. The first-order valence-corrected chi connectivity index (χ1v) is 13.5. The van der Waals surface area contributed by atoms with E-state index in [0.717, 1.165) is 61.1 Å². The highest BCUT2D eigenvalue weighted by Crippen LogP contribution is 2.39. The second-order valence-electron chi connectivity index (χ2n) is 10.2. The molecule has 0 radical (unpaired) electrons. The third-order valence-corrected chi connectivity index (χ3v) is 9.22. The number of para-hydroxylation sites is 1. The Balaban J connectivity index is 1.40. The Bertz CT molecular complexity index is 1510. The fourth-order valence-corrected chi connectivity index (χ4v) is 7.44. The van der Waals surface area contributed by atoms with Crippen LogP contribution in [0.1, 0.15) is 42.5 Å². The molecule has 0 spiro atoms. The van der Waals surface area contributed by atoms with Crippen molar-refractivity contribution in [2.75, 3.05) is 31.1 Å². The summed E-state index contributed by atoms with van der Waals surface area (Å²) in [5.74, 6) is 1.83. The zero-order valence-corrected chi connectivity index (χ0v) is 20.3. The number of hydrogen-bond acceptors (Lipinski definition) is 7. The molecule has 2 aliphatic heterocycles. The number of carbonyl (C=O) groups is 1. The summed E-state index contributed by atoms with van der Waals surface area (Å²) in [5, 5.41) is 6.83. The zero-order valence-electron chi connectivity index (χ0n) is 19.5. The highest BCUT2D eigenvalue weighted by Gasteiger charge is 2.37. The molecular weight excluding hydrogens is 460 g/mol. The van der Waals surface area contributed by atoms with Crippen LogP contribution in [0.3, 0.4) is 0 Å². The lowest BCUT2D eigenvalue weighted by atomic mass is 10.0. The van der Waals surface area contributed by atoms with Gasteiger partial charge in [0.25, 0.3) is 5.91 Å². The highest BCUT2D eigenvalue weighted by molar-refractivity contribution is 7.24. The van der Waals surface area contributed by atoms with Crippen LogP contribution in [0.15, 0.2) is 35.3 Å². The van der Waals surface area contributed by atoms with Crippen molar-refractivity contribution >= 4 is 49.3 Å². The average Bonchev–Trinajstić information content (AvgIpc) is 3.58. The lowest BCUT2D eigenvalue weighted by Crippen LogP contribution is -2.44. The van der Waals surface area contributed by atoms with Gasteiger partial charge in [0.2, 0.25) is 11.4 Å². The van der Waals surface area contributed by atoms with Gasteiger partial charge in [-0.2, -0.15) is 4.98 Å². The van der Waals surface area contributed by atoms with Crippen molar-refractivity contribution in [3.05, 3.63) is 46.2 Å². The van der Waals surface area contributed by atoms with E-state index in [-0.39, 0.29) is 22.9 Å². The van der Waals surface area contributed by atoms with Crippen molar-refractivity contribution in [3.8, 4) is 0 Å². The molecule has 1 amide bonds. The van der Waals surface area contributed by atoms with Crippen LogP contribution in [-0.2, 0) is 0 Å². The molecule has 0 bridgehead atoms. The van der Waals surface area contributed by atoms with Crippen molar-refractivity contribution in [1.82, 2.24) is 25.0 Å². The van der Waals surface area contributed by atoms with Crippen LogP contribution in [0, 0.1) is 11.8 Å². The summed E-state index contributed by atoms with van der Waals surface area (Å²) < 4.78 is 3.02. The Labute approximate surface area is 206 Å². The summed E-state index contributed by atoms with van der Waals surface area (Å²) in [6.07, 6.45) is 7.24. The monoisotopic (exact) mass is 488 g/mol. The van der Waals surface area contributed by atoms with E-state index >= 15 is 0 Å². The Kier molecular flexibility index (Phi) is 5.02. The summed E-state index contributed by atoms with van der Waals surface area (Å²) in [4.78, 5) is 39.7. The van der Waals surface area contributed by atoms with Gasteiger partial charge in [-0.15, -0.1) is 11.3 Å². The van der Waals surface area contributed by atoms with E-state index < -0.39 is 0 Å². The van der Waals surface area contributed by atoms with E-state index in [1.54, 1.807) is 6.20 Å². The van der Waals surface area contributed by atoms with Gasteiger partial charge >= 0.3 is 0 Å². The van der Waals surface area contributed by atoms with E-state index in [4.69, 9.17) is 4.98 Å². The Morgan fingerprint density at radius 2 is 1.86 bits per heavy atom. The average molecular weight is 489 g/mol. The summed E-state index contributed by atoms with van der Waals surface area (Å²) in [6, 6.07) is 8.09. The van der Waals surface area contributed by atoms with Crippen LogP contribution >= 0.6 is 11.3 Å². The van der Waals surface area contributed by atoms with Crippen molar-refractivity contribution in [1.29, 1.82) is 0 Å². The maximum Gasteiger partial charge on any atom is 0.258 e. The lowest BCUT2D eigenvalue weighted by Gasteiger charge is -2.23. The number of nitrogens with one attached hydrogen (secondary N) is 2. The molecule has 7 rings (SSSR count). The normalized spacial score (nSPS) is 22.9. The minimum absolute atomic E-state index is 0.0709. The predicted molar refractivity (Wildman–Crippen MR) is 139 cm³/mol. The number of aromatic nitrogens is 3. The highest BCUT2D eigenvalue weighted by atomic mass is 32.1. The number of thiazole rings is 1. The molecule has 2 unspecified atom stereocenters. The maximum atomic E-state index is 13.7. The van der Waals surface area contributed by atoms with Gasteiger partial charge in [0.1, 0.15) is 10.4 Å². The maximum absolute atomic E-state index is 13.7. The second-order valence-corrected chi connectivity index (χ2v) is 11.2. The number of fused-ring (bicyclic) bond motifs is 6. The molecule has 1 aromatic carbocycles. The first-order valence-electron chi connectivity index (χ1n) is 12.7. The van der Waals surface area contributed by atoms with Crippen molar-refractivity contribution < 1.29 is 4.79 Å². The smallest absolute Gasteiger partial charge is 0.258 e. The SMILES string of the molecule is O=C(NC1CCNCC1)c1c(=O)c2cnc(N3CC4CCCC4C3)nc2n2c1sc1ccccc12. The molecule has 1 aliphatic carbocycles. The molecule has 2 atom stereocenters. The van der Waals surface area contributed by atoms with Gasteiger partial charge in [-0.3, -0.25) is 14.0 Å². The molecule has 180 valence electrons. The molecule has 3 aliphatic rings. The molecule has 3 fully saturated rings. The van der Waals surface area contributed by atoms with E-state index in [2.05, 4.69) is 20.5 Å². The Hall–Kier alpha value is -3.04. The summed E-state index contributed by atoms with van der Waals surface area (Å²) in [6.45, 7) is 3.70. The molecule has 5 heterocycles. The van der Waals surface area contributed by atoms with Gasteiger partial charge in [-0.1, -0.05) is 18.6 Å². The predicted octanol–water partition coefficient (Wildman–Crippen LogP) is 3.18. The fourth-order valence-electron chi connectivity index (χ4n) is 6.26. The van der Waals surface area contributed by atoms with Gasteiger partial charge in [0.15, 0.2) is 5.65 Å². The number of nitrogens with zero attached hydrogens (tertiary/aromatic N) is 4. The van der Waals surface area contributed by atoms with Crippen LogP contribution in [0.25, 0.3) is 26.1 Å². The molecule has 2 N–H and O–H groups in total. The standard InChI is InChI=1S/C26H28N6O2S/c33-22-18-12-28-26(31-13-15-4-3-5-16(15)14-31)30-23(18)32-19-6-1-2-7-20(19)35-25(32)21(22)24(34)29-17-8-10-27-11-9-17/h1-2,6-7,12,15-17,27H,3-5,8-11,13-14H2,(H,29,34). The molecule has 4 aromatic rings. The zero-order chi connectivity index (χ0) is 23.5. The van der Waals surface area contributed by atoms with Crippen LogP contribution in [0.2, 0.25) is 0 Å². The molecular formula is C26H28N6O2S. The quantitative estimate of drug-likeness (QED) is 0.460. The number of anilines is 1. The van der Waals surface area contributed by atoms with E-state index in [9.17, 15) is 9.59 Å². The molecule has 9 heteroatoms. The molecule has 35 heavy (non-hydrogen) atoms.